The number of benzene rings is 1. The van der Waals surface area contributed by atoms with Gasteiger partial charge in [-0.2, -0.15) is 0 Å². The summed E-state index contributed by atoms with van der Waals surface area (Å²) in [5.41, 5.74) is 0.419. The Morgan fingerprint density at radius 2 is 1.92 bits per heavy atom. The van der Waals surface area contributed by atoms with E-state index in [1.54, 1.807) is 34.4 Å². The first kappa shape index (κ1) is 18.7. The Hall–Kier alpha value is -2.06. The Morgan fingerprint density at radius 1 is 1.23 bits per heavy atom. The van der Waals surface area contributed by atoms with Crippen molar-refractivity contribution in [1.82, 2.24) is 4.90 Å². The summed E-state index contributed by atoms with van der Waals surface area (Å²) in [6, 6.07) is 8.53. The van der Waals surface area contributed by atoms with Crippen LogP contribution in [-0.4, -0.2) is 51.0 Å². The van der Waals surface area contributed by atoms with Crippen LogP contribution in [-0.2, 0) is 16.4 Å². The molecule has 2 aromatic rings. The van der Waals surface area contributed by atoms with Crippen LogP contribution in [0.2, 0.25) is 0 Å². The van der Waals surface area contributed by atoms with Gasteiger partial charge in [0.1, 0.15) is 11.5 Å². The molecule has 8 heteroatoms. The fourth-order valence-corrected chi connectivity index (χ4v) is 5.49. The van der Waals surface area contributed by atoms with Crippen molar-refractivity contribution in [1.29, 1.82) is 0 Å². The Labute approximate surface area is 157 Å². The summed E-state index contributed by atoms with van der Waals surface area (Å²) in [4.78, 5) is 15.9. The molecule has 2 heterocycles. The van der Waals surface area contributed by atoms with Gasteiger partial charge in [-0.15, -0.1) is 11.3 Å². The van der Waals surface area contributed by atoms with Gasteiger partial charge in [-0.1, -0.05) is 6.07 Å². The quantitative estimate of drug-likeness (QED) is 0.752. The number of hydrogen-bond acceptors (Lipinski definition) is 6. The van der Waals surface area contributed by atoms with Gasteiger partial charge in [0, 0.05) is 22.5 Å². The standard InChI is InChI=1S/C18H21NO5S2/c1-23-15-8-13(9-16(10-15)24-2)18(20)19(11-17-4-3-6-25-17)14-5-7-26(21,22)12-14/h3-4,6,8-10,14H,5,7,11-12H2,1-2H3/t14-/m1/s1. The molecule has 0 saturated carbocycles. The van der Waals surface area contributed by atoms with Crippen molar-refractivity contribution in [3.8, 4) is 11.5 Å². The number of nitrogens with zero attached hydrogens (tertiary/aromatic N) is 1. The zero-order chi connectivity index (χ0) is 18.7. The van der Waals surface area contributed by atoms with E-state index in [-0.39, 0.29) is 23.5 Å². The predicted octanol–water partition coefficient (Wildman–Crippen LogP) is 2.59. The fraction of sp³-hybridized carbons (Fsp3) is 0.389. The third-order valence-corrected chi connectivity index (χ3v) is 7.03. The van der Waals surface area contributed by atoms with Gasteiger partial charge in [0.2, 0.25) is 0 Å². The van der Waals surface area contributed by atoms with Gasteiger partial charge >= 0.3 is 0 Å². The minimum absolute atomic E-state index is 0.00518. The number of carbonyl (C=O) groups is 1. The van der Waals surface area contributed by atoms with Gasteiger partial charge in [-0.05, 0) is 30.0 Å². The van der Waals surface area contributed by atoms with Gasteiger partial charge in [0.25, 0.3) is 5.91 Å². The number of ether oxygens (including phenoxy) is 2. The molecule has 1 aliphatic heterocycles. The van der Waals surface area contributed by atoms with Crippen LogP contribution >= 0.6 is 11.3 Å². The predicted molar refractivity (Wildman–Crippen MR) is 101 cm³/mol. The van der Waals surface area contributed by atoms with Crippen molar-refractivity contribution in [3.63, 3.8) is 0 Å². The molecule has 6 nitrogen and oxygen atoms in total. The van der Waals surface area contributed by atoms with Crippen LogP contribution in [0.15, 0.2) is 35.7 Å². The first-order chi connectivity index (χ1) is 12.4. The molecule has 1 aromatic heterocycles. The molecule has 0 N–H and O–H groups in total. The average molecular weight is 396 g/mol. The second-order valence-corrected chi connectivity index (χ2v) is 9.43. The zero-order valence-electron chi connectivity index (χ0n) is 14.7. The lowest BCUT2D eigenvalue weighted by Crippen LogP contribution is -2.40. The maximum atomic E-state index is 13.2. The van der Waals surface area contributed by atoms with E-state index in [0.29, 0.717) is 30.0 Å². The van der Waals surface area contributed by atoms with Crippen molar-refractivity contribution >= 4 is 27.1 Å². The van der Waals surface area contributed by atoms with Crippen LogP contribution in [0.5, 0.6) is 11.5 Å². The molecule has 1 aromatic carbocycles. The maximum Gasteiger partial charge on any atom is 0.254 e. The number of methoxy groups -OCH3 is 2. The SMILES string of the molecule is COc1cc(OC)cc(C(=O)N(Cc2cccs2)[C@@H]2CCS(=O)(=O)C2)c1. The summed E-state index contributed by atoms with van der Waals surface area (Å²) in [7, 11) is -0.0530. The minimum Gasteiger partial charge on any atom is -0.497 e. The highest BCUT2D eigenvalue weighted by molar-refractivity contribution is 7.91. The van der Waals surface area contributed by atoms with E-state index in [2.05, 4.69) is 0 Å². The van der Waals surface area contributed by atoms with Crippen LogP contribution in [0.3, 0.4) is 0 Å². The van der Waals surface area contributed by atoms with Gasteiger partial charge in [0.15, 0.2) is 9.84 Å². The summed E-state index contributed by atoms with van der Waals surface area (Å²) in [5.74, 6) is 0.932. The molecule has 26 heavy (non-hydrogen) atoms. The lowest BCUT2D eigenvalue weighted by molar-refractivity contribution is 0.0682. The van der Waals surface area contributed by atoms with Crippen LogP contribution in [0.4, 0.5) is 0 Å². The Bertz CT molecular complexity index is 855. The molecule has 140 valence electrons. The molecule has 0 unspecified atom stereocenters. The summed E-state index contributed by atoms with van der Waals surface area (Å²) in [6.45, 7) is 0.385. The Kier molecular flexibility index (Phi) is 5.52. The fourth-order valence-electron chi connectivity index (χ4n) is 3.06. The molecule has 3 rings (SSSR count). The molecule has 1 fully saturated rings. The Balaban J connectivity index is 1.94. The highest BCUT2D eigenvalue weighted by Gasteiger charge is 2.35. The second-order valence-electron chi connectivity index (χ2n) is 6.17. The van der Waals surface area contributed by atoms with E-state index >= 15 is 0 Å². The molecule has 1 saturated heterocycles. The highest BCUT2D eigenvalue weighted by atomic mass is 32.2. The van der Waals surface area contributed by atoms with Crippen LogP contribution < -0.4 is 9.47 Å². The summed E-state index contributed by atoms with van der Waals surface area (Å²) in [6.07, 6.45) is 0.459. The monoisotopic (exact) mass is 395 g/mol. The topological polar surface area (TPSA) is 72.9 Å². The number of hydrogen-bond donors (Lipinski definition) is 0. The number of amides is 1. The molecular formula is C18H21NO5S2. The molecule has 0 aliphatic carbocycles. The van der Waals surface area contributed by atoms with E-state index in [0.717, 1.165) is 4.88 Å². The van der Waals surface area contributed by atoms with Crippen molar-refractivity contribution in [2.45, 2.75) is 19.0 Å². The van der Waals surface area contributed by atoms with Gasteiger partial charge < -0.3 is 14.4 Å². The molecule has 1 aliphatic rings. The first-order valence-corrected chi connectivity index (χ1v) is 10.9. The number of carbonyl (C=O) groups excluding carboxylic acids is 1. The first-order valence-electron chi connectivity index (χ1n) is 8.18. The third kappa shape index (κ3) is 4.19. The lowest BCUT2D eigenvalue weighted by Gasteiger charge is -2.28. The molecule has 1 atom stereocenters. The van der Waals surface area contributed by atoms with Crippen LogP contribution in [0.1, 0.15) is 21.7 Å². The summed E-state index contributed by atoms with van der Waals surface area (Å²) < 4.78 is 34.4. The van der Waals surface area contributed by atoms with Crippen LogP contribution in [0.25, 0.3) is 0 Å². The van der Waals surface area contributed by atoms with Crippen molar-refractivity contribution < 1.29 is 22.7 Å². The van der Waals surface area contributed by atoms with E-state index < -0.39 is 9.84 Å². The van der Waals surface area contributed by atoms with E-state index in [4.69, 9.17) is 9.47 Å². The highest BCUT2D eigenvalue weighted by Crippen LogP contribution is 2.27. The Morgan fingerprint density at radius 3 is 2.42 bits per heavy atom. The zero-order valence-corrected chi connectivity index (χ0v) is 16.3. The summed E-state index contributed by atoms with van der Waals surface area (Å²) in [5, 5.41) is 1.94. The van der Waals surface area contributed by atoms with Crippen molar-refractivity contribution in [2.24, 2.45) is 0 Å². The van der Waals surface area contributed by atoms with Crippen LogP contribution in [0, 0.1) is 0 Å². The van der Waals surface area contributed by atoms with Crippen molar-refractivity contribution in [3.05, 3.63) is 46.2 Å². The molecule has 0 spiro atoms. The van der Waals surface area contributed by atoms with Gasteiger partial charge in [0.05, 0.1) is 32.3 Å². The minimum atomic E-state index is -3.10. The largest absolute Gasteiger partial charge is 0.497 e. The van der Waals surface area contributed by atoms with Crippen molar-refractivity contribution in [2.75, 3.05) is 25.7 Å². The number of rotatable bonds is 6. The maximum absolute atomic E-state index is 13.2. The van der Waals surface area contributed by atoms with Gasteiger partial charge in [-0.3, -0.25) is 4.79 Å². The number of sulfone groups is 1. The molecular weight excluding hydrogens is 374 g/mol. The molecule has 0 bridgehead atoms. The molecule has 0 radical (unpaired) electrons. The third-order valence-electron chi connectivity index (χ3n) is 4.41. The number of thiophene rings is 1. The smallest absolute Gasteiger partial charge is 0.254 e. The average Bonchev–Trinajstić information content (AvgIpc) is 3.27. The van der Waals surface area contributed by atoms with E-state index in [1.165, 1.54) is 14.2 Å². The van der Waals surface area contributed by atoms with E-state index in [9.17, 15) is 13.2 Å². The second kappa shape index (κ2) is 7.67. The van der Waals surface area contributed by atoms with E-state index in [1.807, 2.05) is 17.5 Å². The molecule has 1 amide bonds. The van der Waals surface area contributed by atoms with Gasteiger partial charge in [-0.25, -0.2) is 8.42 Å². The lowest BCUT2D eigenvalue weighted by atomic mass is 10.1. The normalized spacial score (nSPS) is 18.5. The summed E-state index contributed by atoms with van der Waals surface area (Å²) >= 11 is 1.55.